The van der Waals surface area contributed by atoms with Crippen molar-refractivity contribution in [1.29, 1.82) is 0 Å². The van der Waals surface area contributed by atoms with Gasteiger partial charge in [0.05, 0.1) is 16.7 Å². The Morgan fingerprint density at radius 1 is 1.47 bits per heavy atom. The number of oxazole rings is 1. The van der Waals surface area contributed by atoms with E-state index in [1.807, 2.05) is 0 Å². The summed E-state index contributed by atoms with van der Waals surface area (Å²) >= 11 is 0. The van der Waals surface area contributed by atoms with E-state index in [2.05, 4.69) is 4.98 Å². The van der Waals surface area contributed by atoms with Crippen LogP contribution in [0, 0.1) is 17.0 Å². The van der Waals surface area contributed by atoms with E-state index < -0.39 is 4.92 Å². The zero-order valence-corrected chi connectivity index (χ0v) is 10.6. The van der Waals surface area contributed by atoms with Gasteiger partial charge in [-0.3, -0.25) is 10.1 Å². The Labute approximate surface area is 110 Å². The molecule has 100 valence electrons. The molecule has 0 radical (unpaired) electrons. The minimum Gasteiger partial charge on any atom is -0.440 e. The van der Waals surface area contributed by atoms with Gasteiger partial charge in [-0.25, -0.2) is 4.98 Å². The summed E-state index contributed by atoms with van der Waals surface area (Å²) in [4.78, 5) is 14.8. The van der Waals surface area contributed by atoms with Gasteiger partial charge in [0.2, 0.25) is 0 Å². The average molecular weight is 261 g/mol. The molecule has 0 aliphatic carbocycles. The van der Waals surface area contributed by atoms with Crippen molar-refractivity contribution in [3.05, 3.63) is 46.0 Å². The maximum Gasteiger partial charge on any atom is 0.283 e. The summed E-state index contributed by atoms with van der Waals surface area (Å²) in [7, 11) is 0. The van der Waals surface area contributed by atoms with Crippen LogP contribution >= 0.6 is 0 Å². The molecule has 0 saturated carbocycles. The molecule has 2 N–H and O–H groups in total. The van der Waals surface area contributed by atoms with Crippen LogP contribution in [0.25, 0.3) is 11.3 Å². The smallest absolute Gasteiger partial charge is 0.283 e. The molecule has 6 heteroatoms. The Hall–Kier alpha value is -2.21. The van der Waals surface area contributed by atoms with Crippen LogP contribution in [-0.4, -0.2) is 16.5 Å². The quantitative estimate of drug-likeness (QED) is 0.658. The first kappa shape index (κ1) is 13.2. The first-order chi connectivity index (χ1) is 9.13. The van der Waals surface area contributed by atoms with E-state index in [1.54, 1.807) is 25.1 Å². The van der Waals surface area contributed by atoms with Crippen molar-refractivity contribution < 1.29 is 9.34 Å². The van der Waals surface area contributed by atoms with E-state index in [1.165, 1.54) is 6.20 Å². The maximum atomic E-state index is 11.1. The zero-order chi connectivity index (χ0) is 13.8. The number of aryl methyl sites for hydroxylation is 2. The fourth-order valence-corrected chi connectivity index (χ4v) is 1.90. The number of nitrogens with two attached hydrogens (primary N) is 1. The highest BCUT2D eigenvalue weighted by molar-refractivity contribution is 5.71. The highest BCUT2D eigenvalue weighted by atomic mass is 16.6. The molecule has 1 aromatic carbocycles. The lowest BCUT2D eigenvalue weighted by Crippen LogP contribution is -2.00. The normalized spacial score (nSPS) is 10.6. The molecular formula is C13H15N3O3. The maximum absolute atomic E-state index is 11.1. The van der Waals surface area contributed by atoms with Gasteiger partial charge >= 0.3 is 0 Å². The second kappa shape index (κ2) is 5.62. The number of nitro benzene ring substituents is 1. The predicted octanol–water partition coefficient (Wildman–Crippen LogP) is 2.45. The molecule has 1 heterocycles. The van der Waals surface area contributed by atoms with E-state index in [-0.39, 0.29) is 5.69 Å². The van der Waals surface area contributed by atoms with Crippen LogP contribution in [0.1, 0.15) is 17.9 Å². The van der Waals surface area contributed by atoms with Crippen LogP contribution in [-0.2, 0) is 6.42 Å². The molecule has 19 heavy (non-hydrogen) atoms. The van der Waals surface area contributed by atoms with Crippen LogP contribution in [0.2, 0.25) is 0 Å². The molecule has 0 unspecified atom stereocenters. The molecule has 0 atom stereocenters. The van der Waals surface area contributed by atoms with E-state index in [9.17, 15) is 10.1 Å². The molecule has 0 aliphatic heterocycles. The Balaban J connectivity index is 2.39. The van der Waals surface area contributed by atoms with Crippen LogP contribution < -0.4 is 5.73 Å². The average Bonchev–Trinajstić information content (AvgIpc) is 2.84. The lowest BCUT2D eigenvalue weighted by atomic mass is 10.1. The molecular weight excluding hydrogens is 246 g/mol. The third-order valence-corrected chi connectivity index (χ3v) is 2.83. The van der Waals surface area contributed by atoms with Crippen molar-refractivity contribution in [3.8, 4) is 11.3 Å². The Morgan fingerprint density at radius 3 is 2.95 bits per heavy atom. The van der Waals surface area contributed by atoms with Gasteiger partial charge in [0, 0.05) is 12.0 Å². The van der Waals surface area contributed by atoms with E-state index in [0.717, 1.165) is 6.42 Å². The molecule has 2 aromatic rings. The molecule has 0 saturated heterocycles. The Morgan fingerprint density at radius 2 is 2.26 bits per heavy atom. The van der Waals surface area contributed by atoms with Crippen LogP contribution in [0.3, 0.4) is 0 Å². The molecule has 0 bridgehead atoms. The fraction of sp³-hybridized carbons (Fsp3) is 0.308. The molecule has 6 nitrogen and oxygen atoms in total. The van der Waals surface area contributed by atoms with Crippen LogP contribution in [0.4, 0.5) is 5.69 Å². The molecule has 0 aliphatic rings. The second-order valence-corrected chi connectivity index (χ2v) is 4.24. The fourth-order valence-electron chi connectivity index (χ4n) is 1.90. The summed E-state index contributed by atoms with van der Waals surface area (Å²) in [6, 6.07) is 5.13. The summed E-state index contributed by atoms with van der Waals surface area (Å²) < 4.78 is 5.55. The number of hydrogen-bond acceptors (Lipinski definition) is 5. The van der Waals surface area contributed by atoms with Gasteiger partial charge in [0.1, 0.15) is 0 Å². The largest absolute Gasteiger partial charge is 0.440 e. The summed E-state index contributed by atoms with van der Waals surface area (Å²) in [5, 5.41) is 11.1. The molecule has 0 spiro atoms. The summed E-state index contributed by atoms with van der Waals surface area (Å²) in [5.74, 6) is 0.971. The van der Waals surface area contributed by atoms with Crippen molar-refractivity contribution >= 4 is 5.69 Å². The molecule has 0 amide bonds. The lowest BCUT2D eigenvalue weighted by Gasteiger charge is -2.02. The first-order valence-electron chi connectivity index (χ1n) is 6.02. The number of para-hydroxylation sites is 1. The highest BCUT2D eigenvalue weighted by Gasteiger charge is 2.20. The number of aromatic nitrogens is 1. The van der Waals surface area contributed by atoms with E-state index in [0.29, 0.717) is 35.7 Å². The van der Waals surface area contributed by atoms with Crippen LogP contribution in [0.15, 0.2) is 28.8 Å². The van der Waals surface area contributed by atoms with Crippen molar-refractivity contribution in [1.82, 2.24) is 4.98 Å². The van der Waals surface area contributed by atoms with Gasteiger partial charge in [-0.05, 0) is 26.0 Å². The van der Waals surface area contributed by atoms with Gasteiger partial charge in [-0.15, -0.1) is 0 Å². The van der Waals surface area contributed by atoms with Crippen LogP contribution in [0.5, 0.6) is 0 Å². The minimum atomic E-state index is -0.396. The predicted molar refractivity (Wildman–Crippen MR) is 70.7 cm³/mol. The van der Waals surface area contributed by atoms with E-state index >= 15 is 0 Å². The molecule has 2 rings (SSSR count). The first-order valence-corrected chi connectivity index (χ1v) is 6.02. The van der Waals surface area contributed by atoms with Gasteiger partial charge < -0.3 is 10.2 Å². The van der Waals surface area contributed by atoms with Gasteiger partial charge in [0.15, 0.2) is 11.7 Å². The Bertz CT molecular complexity index is 593. The van der Waals surface area contributed by atoms with Crippen molar-refractivity contribution in [2.45, 2.75) is 19.8 Å². The third kappa shape index (κ3) is 2.79. The monoisotopic (exact) mass is 261 g/mol. The number of hydrogen-bond donors (Lipinski definition) is 1. The number of nitrogens with zero attached hydrogens (tertiary/aromatic N) is 2. The Kier molecular flexibility index (Phi) is 3.91. The lowest BCUT2D eigenvalue weighted by molar-refractivity contribution is -0.384. The highest BCUT2D eigenvalue weighted by Crippen LogP contribution is 2.32. The summed E-state index contributed by atoms with van der Waals surface area (Å²) in [6.45, 7) is 2.26. The topological polar surface area (TPSA) is 95.2 Å². The second-order valence-electron chi connectivity index (χ2n) is 4.24. The summed E-state index contributed by atoms with van der Waals surface area (Å²) in [6.07, 6.45) is 2.93. The van der Waals surface area contributed by atoms with Gasteiger partial charge in [-0.2, -0.15) is 0 Å². The van der Waals surface area contributed by atoms with E-state index in [4.69, 9.17) is 10.2 Å². The van der Waals surface area contributed by atoms with Crippen molar-refractivity contribution in [3.63, 3.8) is 0 Å². The van der Waals surface area contributed by atoms with Gasteiger partial charge in [0.25, 0.3) is 5.69 Å². The SMILES string of the molecule is Cc1cccc(-c2cnc(CCCN)o2)c1[N+](=O)[O-]. The number of benzene rings is 1. The molecule has 1 aromatic heterocycles. The standard InChI is InChI=1S/C13H15N3O3/c1-9-4-2-5-10(13(9)16(17)18)11-8-15-12(19-11)6-3-7-14/h2,4-5,8H,3,6-7,14H2,1H3. The van der Waals surface area contributed by atoms with Crippen molar-refractivity contribution in [2.24, 2.45) is 5.73 Å². The number of rotatable bonds is 5. The molecule has 0 fully saturated rings. The third-order valence-electron chi connectivity index (χ3n) is 2.83. The minimum absolute atomic E-state index is 0.0593. The van der Waals surface area contributed by atoms with Crippen molar-refractivity contribution in [2.75, 3.05) is 6.54 Å². The van der Waals surface area contributed by atoms with Gasteiger partial charge in [-0.1, -0.05) is 12.1 Å². The number of nitro groups is 1. The zero-order valence-electron chi connectivity index (χ0n) is 10.6. The summed E-state index contributed by atoms with van der Waals surface area (Å²) in [5.41, 5.74) is 6.53.